The van der Waals surface area contributed by atoms with Crippen LogP contribution >= 0.6 is 0 Å². The highest BCUT2D eigenvalue weighted by molar-refractivity contribution is 4.56. The fraction of sp³-hybridized carbons (Fsp3) is 1.00. The monoisotopic (exact) mass is 437 g/mol. The van der Waals surface area contributed by atoms with Crippen molar-refractivity contribution >= 4 is 0 Å². The number of hydrogen-bond donors (Lipinski definition) is 0. The van der Waals surface area contributed by atoms with E-state index in [1.54, 1.807) is 0 Å². The van der Waals surface area contributed by atoms with Gasteiger partial charge in [0.1, 0.15) is 0 Å². The zero-order chi connectivity index (χ0) is 22.8. The van der Waals surface area contributed by atoms with Crippen LogP contribution in [0.2, 0.25) is 0 Å². The Labute approximate surface area is 200 Å². The van der Waals surface area contributed by atoms with Gasteiger partial charge in [-0.1, -0.05) is 188 Å². The lowest BCUT2D eigenvalue weighted by molar-refractivity contribution is 0.429. The predicted molar refractivity (Wildman–Crippen MR) is 145 cm³/mol. The van der Waals surface area contributed by atoms with Crippen LogP contribution in [-0.2, 0) is 0 Å². The first kappa shape index (κ1) is 31.0. The maximum Gasteiger partial charge on any atom is -0.0443 e. The minimum atomic E-state index is 0.896. The molecule has 1 unspecified atom stereocenters. The Morgan fingerprint density at radius 2 is 0.581 bits per heavy atom. The topological polar surface area (TPSA) is 0 Å². The van der Waals surface area contributed by atoms with E-state index in [2.05, 4.69) is 27.7 Å². The van der Waals surface area contributed by atoms with Gasteiger partial charge in [0.25, 0.3) is 0 Å². The maximum atomic E-state index is 2.50. The summed E-state index contributed by atoms with van der Waals surface area (Å²) in [5, 5.41) is 0. The molecule has 0 bridgehead atoms. The van der Waals surface area contributed by atoms with Gasteiger partial charge in [0.05, 0.1) is 0 Å². The molecule has 0 rings (SSSR count). The van der Waals surface area contributed by atoms with Gasteiger partial charge in [-0.25, -0.2) is 0 Å². The van der Waals surface area contributed by atoms with Crippen molar-refractivity contribution in [3.05, 3.63) is 0 Å². The summed E-state index contributed by atoms with van der Waals surface area (Å²) in [6.07, 6.45) is 36.8. The van der Waals surface area contributed by atoms with Gasteiger partial charge in [0, 0.05) is 0 Å². The molecule has 0 nitrogen and oxygen atoms in total. The van der Waals surface area contributed by atoms with Crippen molar-refractivity contribution in [2.75, 3.05) is 0 Å². The van der Waals surface area contributed by atoms with E-state index in [1.807, 2.05) is 0 Å². The molecule has 0 aliphatic rings. The average Bonchev–Trinajstić information content (AvgIpc) is 2.75. The van der Waals surface area contributed by atoms with Gasteiger partial charge in [0.15, 0.2) is 0 Å². The smallest absolute Gasteiger partial charge is 0.0443 e. The van der Waals surface area contributed by atoms with Gasteiger partial charge in [-0.05, 0) is 11.8 Å². The lowest BCUT2D eigenvalue weighted by atomic mass is 9.95. The van der Waals surface area contributed by atoms with Crippen LogP contribution in [-0.4, -0.2) is 0 Å². The second-order valence-corrected chi connectivity index (χ2v) is 11.3. The van der Waals surface area contributed by atoms with E-state index in [1.165, 1.54) is 161 Å². The first-order chi connectivity index (χ1) is 15.2. The van der Waals surface area contributed by atoms with Crippen LogP contribution < -0.4 is 0 Å². The second kappa shape index (κ2) is 26.3. The number of hydrogen-bond acceptors (Lipinski definition) is 0. The fourth-order valence-corrected chi connectivity index (χ4v) is 4.94. The van der Waals surface area contributed by atoms with Crippen molar-refractivity contribution in [2.45, 2.75) is 188 Å². The Balaban J connectivity index is 3.14. The van der Waals surface area contributed by atoms with E-state index in [0.717, 1.165) is 11.8 Å². The molecule has 0 aliphatic carbocycles. The molecule has 0 heteroatoms. The molecule has 0 amide bonds. The van der Waals surface area contributed by atoms with E-state index in [-0.39, 0.29) is 0 Å². The van der Waals surface area contributed by atoms with Crippen molar-refractivity contribution < 1.29 is 0 Å². The molecule has 0 aliphatic heterocycles. The molecule has 0 heterocycles. The van der Waals surface area contributed by atoms with Gasteiger partial charge >= 0.3 is 0 Å². The molecular formula is C31H64. The zero-order valence-corrected chi connectivity index (χ0v) is 22.8. The average molecular weight is 437 g/mol. The second-order valence-electron chi connectivity index (χ2n) is 11.3. The van der Waals surface area contributed by atoms with Crippen molar-refractivity contribution in [3.8, 4) is 0 Å². The minimum Gasteiger partial charge on any atom is -0.0654 e. The van der Waals surface area contributed by atoms with Gasteiger partial charge in [-0.2, -0.15) is 0 Å². The van der Waals surface area contributed by atoms with Gasteiger partial charge in [0.2, 0.25) is 0 Å². The summed E-state index contributed by atoms with van der Waals surface area (Å²) < 4.78 is 0. The minimum absolute atomic E-state index is 0.896. The first-order valence-electron chi connectivity index (χ1n) is 15.2. The van der Waals surface area contributed by atoms with E-state index < -0.39 is 0 Å². The lowest BCUT2D eigenvalue weighted by Crippen LogP contribution is -1.95. The molecule has 0 aromatic rings. The molecule has 188 valence electrons. The molecule has 1 atom stereocenters. The molecule has 0 saturated carbocycles. The zero-order valence-electron chi connectivity index (χ0n) is 22.8. The van der Waals surface area contributed by atoms with Crippen LogP contribution in [0.3, 0.4) is 0 Å². The highest BCUT2D eigenvalue weighted by Crippen LogP contribution is 2.19. The molecule has 0 fully saturated rings. The van der Waals surface area contributed by atoms with Crippen LogP contribution in [0, 0.1) is 11.8 Å². The molecule has 0 aromatic carbocycles. The van der Waals surface area contributed by atoms with Gasteiger partial charge in [-0.15, -0.1) is 0 Å². The molecular weight excluding hydrogens is 372 g/mol. The maximum absolute atomic E-state index is 2.50. The predicted octanol–water partition coefficient (Wildman–Crippen LogP) is 12.1. The molecule has 0 spiro atoms. The Morgan fingerprint density at radius 3 is 0.871 bits per heavy atom. The SMILES string of the molecule is CCCCCCCCCCCCC(C)CCCCCCCCCCCCCCC(C)C. The normalized spacial score (nSPS) is 12.7. The van der Waals surface area contributed by atoms with Crippen LogP contribution in [0.4, 0.5) is 0 Å². The Morgan fingerprint density at radius 1 is 0.323 bits per heavy atom. The Hall–Kier alpha value is 0. The van der Waals surface area contributed by atoms with E-state index in [0.29, 0.717) is 0 Å². The number of unbranched alkanes of at least 4 members (excludes halogenated alkanes) is 20. The van der Waals surface area contributed by atoms with Crippen LogP contribution in [0.5, 0.6) is 0 Å². The summed E-state index contributed by atoms with van der Waals surface area (Å²) >= 11 is 0. The van der Waals surface area contributed by atoms with Crippen LogP contribution in [0.25, 0.3) is 0 Å². The van der Waals surface area contributed by atoms with Crippen molar-refractivity contribution in [3.63, 3.8) is 0 Å². The van der Waals surface area contributed by atoms with Crippen molar-refractivity contribution in [2.24, 2.45) is 11.8 Å². The molecule has 0 aromatic heterocycles. The molecule has 0 saturated heterocycles. The van der Waals surface area contributed by atoms with E-state index in [4.69, 9.17) is 0 Å². The van der Waals surface area contributed by atoms with E-state index >= 15 is 0 Å². The summed E-state index contributed by atoms with van der Waals surface area (Å²) in [5.41, 5.74) is 0. The summed E-state index contributed by atoms with van der Waals surface area (Å²) in [5.74, 6) is 1.86. The van der Waals surface area contributed by atoms with E-state index in [9.17, 15) is 0 Å². The standard InChI is InChI=1S/C31H64/c1-5-6-7-8-9-10-16-19-22-25-28-31(4)29-26-23-20-17-14-12-11-13-15-18-21-24-27-30(2)3/h30-31H,5-29H2,1-4H3. The van der Waals surface area contributed by atoms with Crippen molar-refractivity contribution in [1.82, 2.24) is 0 Å². The Kier molecular flexibility index (Phi) is 26.3. The van der Waals surface area contributed by atoms with Crippen LogP contribution in [0.1, 0.15) is 188 Å². The summed E-state index contributed by atoms with van der Waals surface area (Å²) in [7, 11) is 0. The first-order valence-corrected chi connectivity index (χ1v) is 15.2. The highest BCUT2D eigenvalue weighted by atomic mass is 14.1. The van der Waals surface area contributed by atoms with Gasteiger partial charge < -0.3 is 0 Å². The largest absolute Gasteiger partial charge is 0.0654 e. The fourth-order valence-electron chi connectivity index (χ4n) is 4.94. The molecule has 0 radical (unpaired) electrons. The lowest BCUT2D eigenvalue weighted by Gasteiger charge is -2.11. The Bertz CT molecular complexity index is 305. The summed E-state index contributed by atoms with van der Waals surface area (Å²) in [6.45, 7) is 9.50. The molecule has 0 N–H and O–H groups in total. The quantitative estimate of drug-likeness (QED) is 0.118. The third-order valence-corrected chi connectivity index (χ3v) is 7.28. The third kappa shape index (κ3) is 28.0. The summed E-state index contributed by atoms with van der Waals surface area (Å²) in [4.78, 5) is 0. The third-order valence-electron chi connectivity index (χ3n) is 7.28. The molecule has 31 heavy (non-hydrogen) atoms. The number of rotatable bonds is 26. The van der Waals surface area contributed by atoms with Crippen molar-refractivity contribution in [1.29, 1.82) is 0 Å². The summed E-state index contributed by atoms with van der Waals surface area (Å²) in [6, 6.07) is 0. The highest BCUT2D eigenvalue weighted by Gasteiger charge is 2.02. The van der Waals surface area contributed by atoms with Gasteiger partial charge in [-0.3, -0.25) is 0 Å². The van der Waals surface area contributed by atoms with Crippen LogP contribution in [0.15, 0.2) is 0 Å².